The van der Waals surface area contributed by atoms with E-state index in [-0.39, 0.29) is 6.61 Å². The van der Waals surface area contributed by atoms with Gasteiger partial charge in [0.2, 0.25) is 0 Å². The van der Waals surface area contributed by atoms with Crippen molar-refractivity contribution in [3.63, 3.8) is 0 Å². The van der Waals surface area contributed by atoms with Gasteiger partial charge in [0.25, 0.3) is 0 Å². The third-order valence-corrected chi connectivity index (χ3v) is 4.23. The molecule has 0 aromatic carbocycles. The molecule has 0 amide bonds. The minimum Gasteiger partial charge on any atom is -0.395 e. The van der Waals surface area contributed by atoms with E-state index in [1.54, 1.807) is 0 Å². The molecule has 0 aromatic heterocycles. The van der Waals surface area contributed by atoms with Gasteiger partial charge < -0.3 is 15.3 Å². The Bertz CT molecular complexity index is 219. The zero-order chi connectivity index (χ0) is 12.1. The second-order valence-electron chi connectivity index (χ2n) is 5.55. The van der Waals surface area contributed by atoms with Gasteiger partial charge >= 0.3 is 0 Å². The largest absolute Gasteiger partial charge is 0.395 e. The lowest BCUT2D eigenvalue weighted by Crippen LogP contribution is -2.53. The van der Waals surface area contributed by atoms with Crippen LogP contribution in [0.3, 0.4) is 0 Å². The Labute approximate surface area is 105 Å². The molecule has 2 saturated heterocycles. The average molecular weight is 241 g/mol. The van der Waals surface area contributed by atoms with Gasteiger partial charge in [-0.15, -0.1) is 0 Å². The van der Waals surface area contributed by atoms with Crippen LogP contribution in [0.25, 0.3) is 0 Å². The van der Waals surface area contributed by atoms with Gasteiger partial charge in [-0.25, -0.2) is 0 Å². The smallest absolute Gasteiger partial charge is 0.0558 e. The molecule has 2 heterocycles. The molecular weight excluding hydrogens is 214 g/mol. The fraction of sp³-hybridized carbons (Fsp3) is 1.00. The Morgan fingerprint density at radius 3 is 2.82 bits per heavy atom. The fourth-order valence-corrected chi connectivity index (χ4v) is 3.27. The number of hydrogen-bond acceptors (Lipinski definition) is 4. The van der Waals surface area contributed by atoms with E-state index in [0.717, 1.165) is 32.1 Å². The molecule has 100 valence electrons. The first-order valence-electron chi connectivity index (χ1n) is 7.05. The third-order valence-electron chi connectivity index (χ3n) is 4.23. The van der Waals surface area contributed by atoms with Crippen LogP contribution in [-0.4, -0.2) is 73.9 Å². The molecule has 0 bridgehead atoms. The highest BCUT2D eigenvalue weighted by atomic mass is 16.3. The lowest BCUT2D eigenvalue weighted by atomic mass is 9.91. The quantitative estimate of drug-likeness (QED) is 0.710. The zero-order valence-corrected chi connectivity index (χ0v) is 11.1. The van der Waals surface area contributed by atoms with E-state index >= 15 is 0 Å². The Balaban J connectivity index is 1.87. The van der Waals surface area contributed by atoms with Crippen molar-refractivity contribution in [2.45, 2.75) is 25.3 Å². The number of hydrogen-bond donors (Lipinski definition) is 2. The maximum absolute atomic E-state index is 8.98. The van der Waals surface area contributed by atoms with Gasteiger partial charge in [-0.05, 0) is 51.9 Å². The second kappa shape index (κ2) is 6.69. The second-order valence-corrected chi connectivity index (χ2v) is 5.55. The first-order chi connectivity index (χ1) is 8.31. The summed E-state index contributed by atoms with van der Waals surface area (Å²) in [6, 6.07) is 0.715. The summed E-state index contributed by atoms with van der Waals surface area (Å²) in [4.78, 5) is 4.95. The first-order valence-corrected chi connectivity index (χ1v) is 7.05. The summed E-state index contributed by atoms with van der Waals surface area (Å²) in [5, 5.41) is 12.5. The Morgan fingerprint density at radius 1 is 1.35 bits per heavy atom. The van der Waals surface area contributed by atoms with Crippen molar-refractivity contribution in [2.24, 2.45) is 5.92 Å². The van der Waals surface area contributed by atoms with Crippen LogP contribution < -0.4 is 5.32 Å². The molecule has 2 unspecified atom stereocenters. The molecule has 0 radical (unpaired) electrons. The van der Waals surface area contributed by atoms with Gasteiger partial charge in [0.05, 0.1) is 6.61 Å². The normalized spacial score (nSPS) is 31.2. The van der Waals surface area contributed by atoms with Crippen LogP contribution in [0.1, 0.15) is 19.3 Å². The highest BCUT2D eigenvalue weighted by Crippen LogP contribution is 2.23. The number of piperidine rings is 1. The molecule has 17 heavy (non-hydrogen) atoms. The summed E-state index contributed by atoms with van der Waals surface area (Å²) in [7, 11) is 2.12. The lowest BCUT2D eigenvalue weighted by Gasteiger charge is -2.40. The Hall–Kier alpha value is -0.160. The van der Waals surface area contributed by atoms with Crippen molar-refractivity contribution in [1.82, 2.24) is 15.1 Å². The van der Waals surface area contributed by atoms with E-state index in [0.29, 0.717) is 6.04 Å². The molecule has 2 N–H and O–H groups in total. The molecule has 0 spiro atoms. The van der Waals surface area contributed by atoms with Crippen LogP contribution in [0.15, 0.2) is 0 Å². The molecule has 0 aliphatic carbocycles. The molecule has 2 aliphatic heterocycles. The number of aliphatic hydroxyl groups excluding tert-OH is 1. The monoisotopic (exact) mass is 241 g/mol. The van der Waals surface area contributed by atoms with Crippen molar-refractivity contribution >= 4 is 0 Å². The van der Waals surface area contributed by atoms with Gasteiger partial charge in [-0.2, -0.15) is 0 Å². The number of likely N-dealkylation sites (tertiary alicyclic amines) is 1. The predicted octanol–water partition coefficient (Wildman–Crippen LogP) is -0.0156. The predicted molar refractivity (Wildman–Crippen MR) is 70.2 cm³/mol. The molecule has 2 rings (SSSR count). The minimum absolute atomic E-state index is 0.274. The zero-order valence-electron chi connectivity index (χ0n) is 11.1. The number of aliphatic hydroxyl groups is 1. The summed E-state index contributed by atoms with van der Waals surface area (Å²) in [5.41, 5.74) is 0. The molecule has 0 aromatic rings. The van der Waals surface area contributed by atoms with Gasteiger partial charge in [-0.3, -0.25) is 4.90 Å². The topological polar surface area (TPSA) is 38.7 Å². The van der Waals surface area contributed by atoms with E-state index in [1.165, 1.54) is 32.4 Å². The van der Waals surface area contributed by atoms with Crippen LogP contribution in [0, 0.1) is 5.92 Å². The Kier molecular flexibility index (Phi) is 5.22. The van der Waals surface area contributed by atoms with Crippen molar-refractivity contribution < 1.29 is 5.11 Å². The molecule has 2 fully saturated rings. The Morgan fingerprint density at radius 2 is 2.12 bits per heavy atom. The summed E-state index contributed by atoms with van der Waals surface area (Å²) in [5.74, 6) is 0.769. The van der Waals surface area contributed by atoms with Crippen LogP contribution in [0.4, 0.5) is 0 Å². The van der Waals surface area contributed by atoms with Gasteiger partial charge in [0.15, 0.2) is 0 Å². The molecule has 4 heteroatoms. The van der Waals surface area contributed by atoms with Crippen molar-refractivity contribution in [3.05, 3.63) is 0 Å². The van der Waals surface area contributed by atoms with Crippen LogP contribution in [0.5, 0.6) is 0 Å². The van der Waals surface area contributed by atoms with E-state index in [1.807, 2.05) is 0 Å². The molecule has 0 saturated carbocycles. The van der Waals surface area contributed by atoms with Gasteiger partial charge in [0.1, 0.15) is 0 Å². The number of nitrogens with one attached hydrogen (secondary N) is 1. The molecule has 2 aliphatic rings. The summed E-state index contributed by atoms with van der Waals surface area (Å²) >= 11 is 0. The third kappa shape index (κ3) is 3.65. The van der Waals surface area contributed by atoms with Crippen LogP contribution >= 0.6 is 0 Å². The summed E-state index contributed by atoms with van der Waals surface area (Å²) in [6.45, 7) is 7.08. The lowest BCUT2D eigenvalue weighted by molar-refractivity contribution is 0.105. The maximum atomic E-state index is 8.98. The average Bonchev–Trinajstić information content (AvgIpc) is 2.83. The van der Waals surface area contributed by atoms with Gasteiger partial charge in [-0.1, -0.05) is 0 Å². The van der Waals surface area contributed by atoms with Crippen LogP contribution in [-0.2, 0) is 0 Å². The van der Waals surface area contributed by atoms with Crippen molar-refractivity contribution in [1.29, 1.82) is 0 Å². The van der Waals surface area contributed by atoms with E-state index in [4.69, 9.17) is 5.11 Å². The highest BCUT2D eigenvalue weighted by molar-refractivity contribution is 4.88. The number of rotatable bonds is 5. The summed E-state index contributed by atoms with van der Waals surface area (Å²) in [6.07, 6.45) is 4.02. The SMILES string of the molecule is CN(CCO)CC1CCNCC1N1CCCC1. The fourth-order valence-electron chi connectivity index (χ4n) is 3.27. The maximum Gasteiger partial charge on any atom is 0.0558 e. The molecular formula is C13H27N3O. The summed E-state index contributed by atoms with van der Waals surface area (Å²) < 4.78 is 0. The molecule has 4 nitrogen and oxygen atoms in total. The van der Waals surface area contributed by atoms with Crippen LogP contribution in [0.2, 0.25) is 0 Å². The van der Waals surface area contributed by atoms with E-state index < -0.39 is 0 Å². The van der Waals surface area contributed by atoms with Gasteiger partial charge in [0, 0.05) is 25.7 Å². The number of nitrogens with zero attached hydrogens (tertiary/aromatic N) is 2. The van der Waals surface area contributed by atoms with Crippen molar-refractivity contribution in [2.75, 3.05) is 52.9 Å². The van der Waals surface area contributed by atoms with E-state index in [9.17, 15) is 0 Å². The molecule has 2 atom stereocenters. The first kappa shape index (κ1) is 13.3. The standard InChI is InChI=1S/C13H27N3O/c1-15(8-9-17)11-12-4-5-14-10-13(12)16-6-2-3-7-16/h12-14,17H,2-11H2,1H3. The minimum atomic E-state index is 0.274. The van der Waals surface area contributed by atoms with Crippen molar-refractivity contribution in [3.8, 4) is 0 Å². The van der Waals surface area contributed by atoms with E-state index in [2.05, 4.69) is 22.2 Å². The number of likely N-dealkylation sites (N-methyl/N-ethyl adjacent to an activating group) is 1. The highest BCUT2D eigenvalue weighted by Gasteiger charge is 2.31.